The van der Waals surface area contributed by atoms with Gasteiger partial charge in [-0.05, 0) is 51.0 Å². The molecule has 0 aromatic carbocycles. The van der Waals surface area contributed by atoms with E-state index < -0.39 is 0 Å². The Morgan fingerprint density at radius 2 is 1.87 bits per heavy atom. The van der Waals surface area contributed by atoms with Crippen molar-refractivity contribution >= 4 is 11.6 Å². The molecule has 1 aliphatic carbocycles. The van der Waals surface area contributed by atoms with Gasteiger partial charge in [-0.2, -0.15) is 0 Å². The van der Waals surface area contributed by atoms with Gasteiger partial charge in [0, 0.05) is 18.5 Å². The fourth-order valence-electron chi connectivity index (χ4n) is 3.30. The molecule has 1 aliphatic heterocycles. The van der Waals surface area contributed by atoms with E-state index in [2.05, 4.69) is 4.90 Å². The van der Waals surface area contributed by atoms with Crippen LogP contribution >= 0.6 is 11.6 Å². The van der Waals surface area contributed by atoms with E-state index in [1.54, 1.807) is 0 Å². The molecule has 1 atom stereocenters. The Hall–Kier alpha value is 0.250. The highest BCUT2D eigenvalue weighted by molar-refractivity contribution is 6.17. The zero-order chi connectivity index (χ0) is 10.5. The lowest BCUT2D eigenvalue weighted by Gasteiger charge is -2.27. The Balaban J connectivity index is 1.74. The first-order valence-corrected chi connectivity index (χ1v) is 7.23. The standard InChI is InChI=1S/C13H24ClN/c14-9-3-7-13-8-4-10-15(13)11-12-5-1-2-6-12/h12-13H,1-11H2. The molecule has 1 saturated heterocycles. The van der Waals surface area contributed by atoms with Gasteiger partial charge in [-0.3, -0.25) is 0 Å². The second-order valence-electron chi connectivity index (χ2n) is 5.27. The summed E-state index contributed by atoms with van der Waals surface area (Å²) in [5, 5.41) is 0. The van der Waals surface area contributed by atoms with Crippen LogP contribution in [0.5, 0.6) is 0 Å². The Morgan fingerprint density at radius 1 is 1.07 bits per heavy atom. The summed E-state index contributed by atoms with van der Waals surface area (Å²) in [6, 6.07) is 0.865. The van der Waals surface area contributed by atoms with E-state index in [0.717, 1.165) is 17.8 Å². The van der Waals surface area contributed by atoms with E-state index in [1.807, 2.05) is 0 Å². The molecule has 0 aromatic rings. The van der Waals surface area contributed by atoms with Crippen LogP contribution in [0.2, 0.25) is 0 Å². The second kappa shape index (κ2) is 6.10. The summed E-state index contributed by atoms with van der Waals surface area (Å²) in [6.07, 6.45) is 11.3. The summed E-state index contributed by atoms with van der Waals surface area (Å²) < 4.78 is 0. The number of alkyl halides is 1. The Bertz CT molecular complexity index is 177. The molecule has 1 saturated carbocycles. The Labute approximate surface area is 99.2 Å². The zero-order valence-electron chi connectivity index (χ0n) is 9.76. The van der Waals surface area contributed by atoms with Crippen molar-refractivity contribution in [1.29, 1.82) is 0 Å². The average Bonchev–Trinajstić information content (AvgIpc) is 2.87. The van der Waals surface area contributed by atoms with Crippen LogP contribution in [0, 0.1) is 5.92 Å². The molecule has 1 nitrogen and oxygen atoms in total. The van der Waals surface area contributed by atoms with Gasteiger partial charge in [-0.15, -0.1) is 11.6 Å². The first-order valence-electron chi connectivity index (χ1n) is 6.70. The summed E-state index contributed by atoms with van der Waals surface area (Å²) in [6.45, 7) is 2.73. The molecule has 2 rings (SSSR count). The number of hydrogen-bond donors (Lipinski definition) is 0. The van der Waals surface area contributed by atoms with Crippen molar-refractivity contribution in [3.63, 3.8) is 0 Å². The van der Waals surface area contributed by atoms with Crippen molar-refractivity contribution in [2.24, 2.45) is 5.92 Å². The zero-order valence-corrected chi connectivity index (χ0v) is 10.5. The van der Waals surface area contributed by atoms with E-state index in [9.17, 15) is 0 Å². The first kappa shape index (κ1) is 11.7. The van der Waals surface area contributed by atoms with Crippen LogP contribution in [0.4, 0.5) is 0 Å². The maximum Gasteiger partial charge on any atom is 0.0224 e. The van der Waals surface area contributed by atoms with Gasteiger partial charge in [0.1, 0.15) is 0 Å². The fraction of sp³-hybridized carbons (Fsp3) is 1.00. The lowest BCUT2D eigenvalue weighted by atomic mass is 10.1. The normalized spacial score (nSPS) is 29.0. The first-order chi connectivity index (χ1) is 7.40. The molecule has 1 heterocycles. The molecular weight excluding hydrogens is 206 g/mol. The van der Waals surface area contributed by atoms with Gasteiger partial charge in [0.25, 0.3) is 0 Å². The van der Waals surface area contributed by atoms with Crippen LogP contribution in [0.15, 0.2) is 0 Å². The molecule has 2 aliphatic rings. The number of likely N-dealkylation sites (tertiary alicyclic amines) is 1. The minimum absolute atomic E-state index is 0.841. The minimum Gasteiger partial charge on any atom is -0.300 e. The van der Waals surface area contributed by atoms with Crippen molar-refractivity contribution in [1.82, 2.24) is 4.90 Å². The van der Waals surface area contributed by atoms with E-state index >= 15 is 0 Å². The highest BCUT2D eigenvalue weighted by atomic mass is 35.5. The predicted octanol–water partition coefficient (Wildman–Crippen LogP) is 3.66. The number of hydrogen-bond acceptors (Lipinski definition) is 1. The molecule has 0 amide bonds. The van der Waals surface area contributed by atoms with E-state index in [-0.39, 0.29) is 0 Å². The smallest absolute Gasteiger partial charge is 0.0224 e. The van der Waals surface area contributed by atoms with Crippen LogP contribution < -0.4 is 0 Å². The largest absolute Gasteiger partial charge is 0.300 e. The van der Waals surface area contributed by atoms with Crippen LogP contribution in [0.1, 0.15) is 51.4 Å². The van der Waals surface area contributed by atoms with Gasteiger partial charge in [-0.1, -0.05) is 12.8 Å². The van der Waals surface area contributed by atoms with Crippen LogP contribution in [-0.4, -0.2) is 29.9 Å². The third-order valence-electron chi connectivity index (χ3n) is 4.14. The second-order valence-corrected chi connectivity index (χ2v) is 5.65. The van der Waals surface area contributed by atoms with Gasteiger partial charge in [0.15, 0.2) is 0 Å². The molecule has 1 unspecified atom stereocenters. The van der Waals surface area contributed by atoms with Gasteiger partial charge >= 0.3 is 0 Å². The fourth-order valence-corrected chi connectivity index (χ4v) is 3.45. The highest BCUT2D eigenvalue weighted by Crippen LogP contribution is 2.29. The van der Waals surface area contributed by atoms with Gasteiger partial charge < -0.3 is 4.90 Å². The van der Waals surface area contributed by atoms with E-state index in [1.165, 1.54) is 64.5 Å². The Morgan fingerprint density at radius 3 is 2.60 bits per heavy atom. The van der Waals surface area contributed by atoms with Gasteiger partial charge in [0.2, 0.25) is 0 Å². The predicted molar refractivity (Wildman–Crippen MR) is 66.5 cm³/mol. The third-order valence-corrected chi connectivity index (χ3v) is 4.40. The molecule has 2 heteroatoms. The Kier molecular flexibility index (Phi) is 4.77. The molecule has 0 bridgehead atoms. The van der Waals surface area contributed by atoms with Gasteiger partial charge in [0.05, 0.1) is 0 Å². The number of nitrogens with zero attached hydrogens (tertiary/aromatic N) is 1. The molecule has 0 spiro atoms. The highest BCUT2D eigenvalue weighted by Gasteiger charge is 2.27. The van der Waals surface area contributed by atoms with E-state index in [4.69, 9.17) is 11.6 Å². The van der Waals surface area contributed by atoms with E-state index in [0.29, 0.717) is 0 Å². The molecule has 15 heavy (non-hydrogen) atoms. The van der Waals surface area contributed by atoms with Gasteiger partial charge in [-0.25, -0.2) is 0 Å². The van der Waals surface area contributed by atoms with Crippen LogP contribution in [-0.2, 0) is 0 Å². The monoisotopic (exact) mass is 229 g/mol. The third kappa shape index (κ3) is 3.35. The maximum absolute atomic E-state index is 5.78. The van der Waals surface area contributed by atoms with Crippen molar-refractivity contribution in [3.8, 4) is 0 Å². The summed E-state index contributed by atoms with van der Waals surface area (Å²) in [5.41, 5.74) is 0. The number of halogens is 1. The van der Waals surface area contributed by atoms with Crippen molar-refractivity contribution in [2.75, 3.05) is 19.0 Å². The molecular formula is C13H24ClN. The van der Waals surface area contributed by atoms with Crippen LogP contribution in [0.25, 0.3) is 0 Å². The van der Waals surface area contributed by atoms with Crippen LogP contribution in [0.3, 0.4) is 0 Å². The summed E-state index contributed by atoms with van der Waals surface area (Å²) in [5.74, 6) is 1.86. The van der Waals surface area contributed by atoms with Crippen molar-refractivity contribution in [3.05, 3.63) is 0 Å². The number of rotatable bonds is 5. The minimum atomic E-state index is 0.841. The molecule has 0 N–H and O–H groups in total. The SMILES string of the molecule is ClCCCC1CCCN1CC1CCCC1. The lowest BCUT2D eigenvalue weighted by molar-refractivity contribution is 0.206. The molecule has 2 fully saturated rings. The topological polar surface area (TPSA) is 3.24 Å². The van der Waals surface area contributed by atoms with Crippen molar-refractivity contribution in [2.45, 2.75) is 57.4 Å². The summed E-state index contributed by atoms with van der Waals surface area (Å²) >= 11 is 5.78. The summed E-state index contributed by atoms with van der Waals surface area (Å²) in [7, 11) is 0. The summed E-state index contributed by atoms with van der Waals surface area (Å²) in [4.78, 5) is 2.75. The average molecular weight is 230 g/mol. The van der Waals surface area contributed by atoms with Crippen molar-refractivity contribution < 1.29 is 0 Å². The lowest BCUT2D eigenvalue weighted by Crippen LogP contribution is -2.33. The quantitative estimate of drug-likeness (QED) is 0.651. The molecule has 0 aromatic heterocycles. The maximum atomic E-state index is 5.78. The molecule has 88 valence electrons. The molecule has 0 radical (unpaired) electrons.